The van der Waals surface area contributed by atoms with E-state index in [9.17, 15) is 9.59 Å². The van der Waals surface area contributed by atoms with Crippen LogP contribution in [0.15, 0.2) is 23.7 Å². The van der Waals surface area contributed by atoms with Gasteiger partial charge in [-0.1, -0.05) is 6.07 Å². The van der Waals surface area contributed by atoms with E-state index >= 15 is 0 Å². The Bertz CT molecular complexity index is 723. The fourth-order valence-corrected chi connectivity index (χ4v) is 3.78. The van der Waals surface area contributed by atoms with Crippen molar-refractivity contribution < 1.29 is 9.59 Å². The standard InChI is InChI=1S/C17H22N4O2S/c1-12-17-19-14(11-20(17)7-8-21(12)13(2)22)10-16(23)18-6-5-15-4-3-9-24-15/h3-4,9,11-12H,5-8,10H2,1-2H3,(H,18,23)/t12-/m0/s1. The number of carbonyl (C=O) groups excluding carboxylic acids is 2. The molecule has 1 aliphatic rings. The Hall–Kier alpha value is -2.15. The van der Waals surface area contributed by atoms with Crippen molar-refractivity contribution in [2.24, 2.45) is 0 Å². The molecule has 1 aliphatic heterocycles. The van der Waals surface area contributed by atoms with E-state index in [2.05, 4.69) is 20.9 Å². The highest BCUT2D eigenvalue weighted by atomic mass is 32.1. The second-order valence-electron chi connectivity index (χ2n) is 6.03. The molecule has 7 heteroatoms. The van der Waals surface area contributed by atoms with Crippen molar-refractivity contribution in [1.82, 2.24) is 19.8 Å². The molecule has 2 aromatic rings. The normalized spacial score (nSPS) is 16.8. The van der Waals surface area contributed by atoms with Gasteiger partial charge in [0, 0.05) is 37.6 Å². The molecule has 2 amide bonds. The van der Waals surface area contributed by atoms with Crippen LogP contribution in [-0.4, -0.2) is 39.4 Å². The minimum atomic E-state index is -0.0492. The van der Waals surface area contributed by atoms with E-state index in [1.807, 2.05) is 29.5 Å². The molecule has 0 bridgehead atoms. The Balaban J connectivity index is 1.55. The third-order valence-electron chi connectivity index (χ3n) is 4.30. The summed E-state index contributed by atoms with van der Waals surface area (Å²) in [5.41, 5.74) is 0.760. The molecule has 3 heterocycles. The number of amides is 2. The number of nitrogens with one attached hydrogen (secondary N) is 1. The van der Waals surface area contributed by atoms with Crippen LogP contribution in [0.2, 0.25) is 0 Å². The summed E-state index contributed by atoms with van der Waals surface area (Å²) < 4.78 is 2.05. The molecule has 128 valence electrons. The predicted octanol–water partition coefficient (Wildman–Crippen LogP) is 1.77. The van der Waals surface area contributed by atoms with E-state index in [-0.39, 0.29) is 24.3 Å². The van der Waals surface area contributed by atoms with Crippen LogP contribution < -0.4 is 5.32 Å². The second kappa shape index (κ2) is 7.17. The Morgan fingerprint density at radius 1 is 1.42 bits per heavy atom. The second-order valence-corrected chi connectivity index (χ2v) is 7.06. The number of imidazole rings is 1. The van der Waals surface area contributed by atoms with E-state index in [0.29, 0.717) is 13.1 Å². The summed E-state index contributed by atoms with van der Waals surface area (Å²) in [5.74, 6) is 0.903. The lowest BCUT2D eigenvalue weighted by molar-refractivity contribution is -0.132. The fraction of sp³-hybridized carbons (Fsp3) is 0.471. The molecular weight excluding hydrogens is 324 g/mol. The monoisotopic (exact) mass is 346 g/mol. The zero-order valence-electron chi connectivity index (χ0n) is 14.0. The van der Waals surface area contributed by atoms with Crippen molar-refractivity contribution in [2.45, 2.75) is 39.3 Å². The summed E-state index contributed by atoms with van der Waals surface area (Å²) in [6.45, 7) is 5.61. The summed E-state index contributed by atoms with van der Waals surface area (Å²) in [5, 5.41) is 4.98. The summed E-state index contributed by atoms with van der Waals surface area (Å²) in [6.07, 6.45) is 3.06. The minimum absolute atomic E-state index is 0.0157. The quantitative estimate of drug-likeness (QED) is 0.897. The Labute approximate surface area is 145 Å². The summed E-state index contributed by atoms with van der Waals surface area (Å²) in [6, 6.07) is 4.04. The third kappa shape index (κ3) is 3.67. The first-order chi connectivity index (χ1) is 11.5. The van der Waals surface area contributed by atoms with E-state index < -0.39 is 0 Å². The lowest BCUT2D eigenvalue weighted by Gasteiger charge is -2.32. The first kappa shape index (κ1) is 16.7. The number of rotatable bonds is 5. The molecule has 0 aromatic carbocycles. The fourth-order valence-electron chi connectivity index (χ4n) is 3.07. The maximum absolute atomic E-state index is 12.1. The topological polar surface area (TPSA) is 67.2 Å². The van der Waals surface area contributed by atoms with Gasteiger partial charge in [0.05, 0.1) is 18.2 Å². The largest absolute Gasteiger partial charge is 0.355 e. The molecule has 0 radical (unpaired) electrons. The van der Waals surface area contributed by atoms with Gasteiger partial charge in [0.15, 0.2) is 0 Å². The number of aromatic nitrogens is 2. The molecule has 24 heavy (non-hydrogen) atoms. The first-order valence-corrected chi connectivity index (χ1v) is 9.05. The van der Waals surface area contributed by atoms with Gasteiger partial charge >= 0.3 is 0 Å². The number of hydrogen-bond donors (Lipinski definition) is 1. The van der Waals surface area contributed by atoms with Crippen LogP contribution in [0, 0.1) is 0 Å². The van der Waals surface area contributed by atoms with Crippen LogP contribution in [0.25, 0.3) is 0 Å². The van der Waals surface area contributed by atoms with Gasteiger partial charge in [0.2, 0.25) is 11.8 Å². The summed E-state index contributed by atoms with van der Waals surface area (Å²) in [7, 11) is 0. The third-order valence-corrected chi connectivity index (χ3v) is 5.24. The van der Waals surface area contributed by atoms with Crippen LogP contribution in [0.4, 0.5) is 0 Å². The van der Waals surface area contributed by atoms with Gasteiger partial charge in [-0.25, -0.2) is 4.98 Å². The minimum Gasteiger partial charge on any atom is -0.355 e. The highest BCUT2D eigenvalue weighted by Crippen LogP contribution is 2.24. The van der Waals surface area contributed by atoms with Gasteiger partial charge < -0.3 is 14.8 Å². The number of nitrogens with zero attached hydrogens (tertiary/aromatic N) is 3. The van der Waals surface area contributed by atoms with E-state index in [1.54, 1.807) is 18.3 Å². The molecule has 1 atom stereocenters. The van der Waals surface area contributed by atoms with Gasteiger partial charge in [-0.2, -0.15) is 0 Å². The van der Waals surface area contributed by atoms with Crippen molar-refractivity contribution in [1.29, 1.82) is 0 Å². The highest BCUT2D eigenvalue weighted by molar-refractivity contribution is 7.09. The van der Waals surface area contributed by atoms with Gasteiger partial charge in [-0.3, -0.25) is 9.59 Å². The summed E-state index contributed by atoms with van der Waals surface area (Å²) >= 11 is 1.70. The zero-order valence-corrected chi connectivity index (χ0v) is 14.8. The Morgan fingerprint density at radius 2 is 2.25 bits per heavy atom. The van der Waals surface area contributed by atoms with Crippen LogP contribution in [-0.2, 0) is 29.0 Å². The molecule has 0 saturated carbocycles. The van der Waals surface area contributed by atoms with Gasteiger partial charge in [0.25, 0.3) is 0 Å². The van der Waals surface area contributed by atoms with Gasteiger partial charge in [-0.15, -0.1) is 11.3 Å². The van der Waals surface area contributed by atoms with Crippen molar-refractivity contribution in [2.75, 3.05) is 13.1 Å². The van der Waals surface area contributed by atoms with Crippen molar-refractivity contribution >= 4 is 23.2 Å². The van der Waals surface area contributed by atoms with E-state index in [0.717, 1.165) is 24.5 Å². The first-order valence-electron chi connectivity index (χ1n) is 8.17. The molecule has 1 N–H and O–H groups in total. The maximum atomic E-state index is 12.1. The highest BCUT2D eigenvalue weighted by Gasteiger charge is 2.27. The SMILES string of the molecule is CC(=O)N1CCn2cc(CC(=O)NCCc3cccs3)nc2[C@@H]1C. The number of fused-ring (bicyclic) bond motifs is 1. The molecular formula is C17H22N4O2S. The van der Waals surface area contributed by atoms with E-state index in [4.69, 9.17) is 0 Å². The molecule has 2 aromatic heterocycles. The Kier molecular flexibility index (Phi) is 4.99. The van der Waals surface area contributed by atoms with Crippen LogP contribution in [0.5, 0.6) is 0 Å². The van der Waals surface area contributed by atoms with Crippen molar-refractivity contribution in [3.8, 4) is 0 Å². The van der Waals surface area contributed by atoms with Crippen molar-refractivity contribution in [3.63, 3.8) is 0 Å². The lowest BCUT2D eigenvalue weighted by Crippen LogP contribution is -2.39. The molecule has 0 aliphatic carbocycles. The van der Waals surface area contributed by atoms with Crippen LogP contribution in [0.1, 0.15) is 36.3 Å². The smallest absolute Gasteiger partial charge is 0.226 e. The molecule has 0 unspecified atom stereocenters. The number of hydrogen-bond acceptors (Lipinski definition) is 4. The predicted molar refractivity (Wildman–Crippen MR) is 92.8 cm³/mol. The zero-order chi connectivity index (χ0) is 17.1. The van der Waals surface area contributed by atoms with E-state index in [1.165, 1.54) is 4.88 Å². The number of carbonyl (C=O) groups is 2. The Morgan fingerprint density at radius 3 is 2.96 bits per heavy atom. The number of thiophene rings is 1. The van der Waals surface area contributed by atoms with Crippen LogP contribution >= 0.6 is 11.3 Å². The molecule has 6 nitrogen and oxygen atoms in total. The van der Waals surface area contributed by atoms with Crippen molar-refractivity contribution in [3.05, 3.63) is 40.1 Å². The maximum Gasteiger partial charge on any atom is 0.226 e. The van der Waals surface area contributed by atoms with Crippen LogP contribution in [0.3, 0.4) is 0 Å². The average Bonchev–Trinajstić information content (AvgIpc) is 3.16. The van der Waals surface area contributed by atoms with Gasteiger partial charge in [0.1, 0.15) is 5.82 Å². The average molecular weight is 346 g/mol. The molecule has 3 rings (SSSR count). The summed E-state index contributed by atoms with van der Waals surface area (Å²) in [4.78, 5) is 31.4. The van der Waals surface area contributed by atoms with Gasteiger partial charge in [-0.05, 0) is 24.8 Å². The lowest BCUT2D eigenvalue weighted by atomic mass is 10.2. The molecule has 0 spiro atoms. The molecule has 0 fully saturated rings. The molecule has 0 saturated heterocycles.